The van der Waals surface area contributed by atoms with Crippen LogP contribution < -0.4 is 15.6 Å². The lowest BCUT2D eigenvalue weighted by Gasteiger charge is -2.11. The molecule has 0 aliphatic carbocycles. The molecule has 144 valence electrons. The van der Waals surface area contributed by atoms with Crippen LogP contribution in [0, 0.1) is 6.92 Å². The van der Waals surface area contributed by atoms with Gasteiger partial charge in [-0.3, -0.25) is 14.6 Å². The summed E-state index contributed by atoms with van der Waals surface area (Å²) in [5, 5.41) is 2.79. The Bertz CT molecular complexity index is 1010. The van der Waals surface area contributed by atoms with E-state index in [1.807, 2.05) is 19.9 Å². The molecule has 0 saturated heterocycles. The first-order valence-corrected chi connectivity index (χ1v) is 8.99. The van der Waals surface area contributed by atoms with Gasteiger partial charge in [0.2, 0.25) is 5.91 Å². The minimum Gasteiger partial charge on any atom is -0.491 e. The minimum absolute atomic E-state index is 0.0638. The van der Waals surface area contributed by atoms with Crippen molar-refractivity contribution in [1.29, 1.82) is 0 Å². The van der Waals surface area contributed by atoms with Gasteiger partial charge < -0.3 is 15.0 Å². The zero-order valence-corrected chi connectivity index (χ0v) is 16.0. The second kappa shape index (κ2) is 8.47. The molecule has 1 amide bonds. The third kappa shape index (κ3) is 4.82. The van der Waals surface area contributed by atoms with E-state index in [1.165, 1.54) is 0 Å². The first-order valence-electron chi connectivity index (χ1n) is 8.99. The van der Waals surface area contributed by atoms with Gasteiger partial charge in [-0.05, 0) is 57.2 Å². The number of carbonyl (C=O) groups is 1. The maximum atomic E-state index is 12.5. The van der Waals surface area contributed by atoms with Crippen LogP contribution in [-0.2, 0) is 11.2 Å². The average molecular weight is 378 g/mol. The summed E-state index contributed by atoms with van der Waals surface area (Å²) in [5.41, 5.74) is 1.86. The second-order valence-electron chi connectivity index (χ2n) is 6.64. The number of aromatic nitrogens is 3. The largest absolute Gasteiger partial charge is 0.491 e. The summed E-state index contributed by atoms with van der Waals surface area (Å²) in [6, 6.07) is 10.7. The molecule has 2 aromatic heterocycles. The Balaban J connectivity index is 1.71. The molecule has 0 aliphatic rings. The van der Waals surface area contributed by atoms with Crippen LogP contribution in [0.2, 0.25) is 0 Å². The molecule has 28 heavy (non-hydrogen) atoms. The van der Waals surface area contributed by atoms with Crippen LogP contribution in [0.3, 0.4) is 0 Å². The third-order valence-electron chi connectivity index (χ3n) is 4.00. The van der Waals surface area contributed by atoms with Crippen molar-refractivity contribution in [3.8, 4) is 17.1 Å². The van der Waals surface area contributed by atoms with Crippen molar-refractivity contribution in [3.63, 3.8) is 0 Å². The Kier molecular flexibility index (Phi) is 5.84. The molecule has 0 fully saturated rings. The molecule has 7 heteroatoms. The van der Waals surface area contributed by atoms with Crippen molar-refractivity contribution in [2.24, 2.45) is 0 Å². The van der Waals surface area contributed by atoms with E-state index in [0.717, 1.165) is 5.75 Å². The molecule has 0 bridgehead atoms. The van der Waals surface area contributed by atoms with Gasteiger partial charge in [-0.1, -0.05) is 0 Å². The van der Waals surface area contributed by atoms with E-state index in [-0.39, 0.29) is 24.0 Å². The number of amides is 1. The summed E-state index contributed by atoms with van der Waals surface area (Å²) in [4.78, 5) is 36.0. The molecule has 2 heterocycles. The first-order chi connectivity index (χ1) is 13.4. The number of H-pyrrole nitrogens is 1. The van der Waals surface area contributed by atoms with Gasteiger partial charge in [0.1, 0.15) is 11.6 Å². The Labute approximate surface area is 162 Å². The van der Waals surface area contributed by atoms with Gasteiger partial charge in [0.15, 0.2) is 0 Å². The van der Waals surface area contributed by atoms with E-state index in [4.69, 9.17) is 4.74 Å². The molecule has 0 spiro atoms. The Morgan fingerprint density at radius 3 is 2.57 bits per heavy atom. The summed E-state index contributed by atoms with van der Waals surface area (Å²) in [7, 11) is 0. The smallest absolute Gasteiger partial charge is 0.255 e. The van der Waals surface area contributed by atoms with Crippen LogP contribution in [0.4, 0.5) is 5.69 Å². The van der Waals surface area contributed by atoms with Gasteiger partial charge in [-0.2, -0.15) is 0 Å². The highest BCUT2D eigenvalue weighted by Gasteiger charge is 2.14. The van der Waals surface area contributed by atoms with Crippen molar-refractivity contribution < 1.29 is 9.53 Å². The van der Waals surface area contributed by atoms with Crippen molar-refractivity contribution in [1.82, 2.24) is 15.0 Å². The molecule has 0 radical (unpaired) electrons. The Morgan fingerprint density at radius 1 is 1.21 bits per heavy atom. The third-order valence-corrected chi connectivity index (χ3v) is 4.00. The van der Waals surface area contributed by atoms with Gasteiger partial charge in [-0.25, -0.2) is 4.98 Å². The minimum atomic E-state index is -0.331. The predicted molar refractivity (Wildman–Crippen MR) is 107 cm³/mol. The highest BCUT2D eigenvalue weighted by molar-refractivity contribution is 5.92. The van der Waals surface area contributed by atoms with Crippen molar-refractivity contribution >= 4 is 11.6 Å². The number of aryl methyl sites for hydroxylation is 1. The fraction of sp³-hybridized carbons (Fsp3) is 0.238. The van der Waals surface area contributed by atoms with E-state index < -0.39 is 0 Å². The van der Waals surface area contributed by atoms with Gasteiger partial charge in [0, 0.05) is 34.9 Å². The SMILES string of the molecule is Cc1nc(-c2cccnc2)[nH]c(=O)c1CC(=O)Nc1ccc(OC(C)C)cc1. The number of nitrogens with zero attached hydrogens (tertiary/aromatic N) is 2. The average Bonchev–Trinajstić information content (AvgIpc) is 2.66. The van der Waals surface area contributed by atoms with Crippen LogP contribution >= 0.6 is 0 Å². The van der Waals surface area contributed by atoms with Gasteiger partial charge in [0.25, 0.3) is 5.56 Å². The standard InChI is InChI=1S/C21H22N4O3/c1-13(2)28-17-8-6-16(7-9-17)24-19(26)11-18-14(3)23-20(25-21(18)27)15-5-4-10-22-12-15/h4-10,12-13H,11H2,1-3H3,(H,24,26)(H,23,25,27). The maximum Gasteiger partial charge on any atom is 0.255 e. The van der Waals surface area contributed by atoms with Crippen molar-refractivity contribution in [2.75, 3.05) is 5.32 Å². The van der Waals surface area contributed by atoms with Crippen molar-refractivity contribution in [2.45, 2.75) is 33.3 Å². The number of carbonyl (C=O) groups excluding carboxylic acids is 1. The van der Waals surface area contributed by atoms with Crippen molar-refractivity contribution in [3.05, 3.63) is 70.4 Å². The normalized spacial score (nSPS) is 10.7. The lowest BCUT2D eigenvalue weighted by atomic mass is 10.1. The molecule has 1 aromatic carbocycles. The molecule has 0 unspecified atom stereocenters. The van der Waals surface area contributed by atoms with E-state index in [1.54, 1.807) is 49.6 Å². The fourth-order valence-corrected chi connectivity index (χ4v) is 2.71. The molecule has 7 nitrogen and oxygen atoms in total. The van der Waals surface area contributed by atoms with Crippen LogP contribution in [0.25, 0.3) is 11.4 Å². The van der Waals surface area contributed by atoms with Gasteiger partial charge >= 0.3 is 0 Å². The number of benzene rings is 1. The maximum absolute atomic E-state index is 12.5. The number of ether oxygens (including phenoxy) is 1. The zero-order valence-electron chi connectivity index (χ0n) is 16.0. The highest BCUT2D eigenvalue weighted by atomic mass is 16.5. The molecule has 0 aliphatic heterocycles. The predicted octanol–water partition coefficient (Wildman–Crippen LogP) is 3.11. The fourth-order valence-electron chi connectivity index (χ4n) is 2.71. The molecular weight excluding hydrogens is 356 g/mol. The second-order valence-corrected chi connectivity index (χ2v) is 6.64. The van der Waals surface area contributed by atoms with Gasteiger partial charge in [0.05, 0.1) is 12.5 Å². The lowest BCUT2D eigenvalue weighted by molar-refractivity contribution is -0.115. The number of hydrogen-bond acceptors (Lipinski definition) is 5. The number of pyridine rings is 1. The van der Waals surface area contributed by atoms with Gasteiger partial charge in [-0.15, -0.1) is 0 Å². The number of hydrogen-bond donors (Lipinski definition) is 2. The monoisotopic (exact) mass is 378 g/mol. The summed E-state index contributed by atoms with van der Waals surface area (Å²) in [6.07, 6.45) is 3.29. The summed E-state index contributed by atoms with van der Waals surface area (Å²) < 4.78 is 5.58. The van der Waals surface area contributed by atoms with E-state index in [2.05, 4.69) is 20.3 Å². The van der Waals surface area contributed by atoms with E-state index >= 15 is 0 Å². The Hall–Kier alpha value is -3.48. The summed E-state index contributed by atoms with van der Waals surface area (Å²) in [6.45, 7) is 5.61. The molecule has 3 rings (SSSR count). The number of rotatable bonds is 6. The molecule has 2 N–H and O–H groups in total. The lowest BCUT2D eigenvalue weighted by Crippen LogP contribution is -2.23. The van der Waals surface area contributed by atoms with Crippen LogP contribution in [0.15, 0.2) is 53.6 Å². The Morgan fingerprint density at radius 2 is 1.96 bits per heavy atom. The molecule has 3 aromatic rings. The topological polar surface area (TPSA) is 97.0 Å². The summed E-state index contributed by atoms with van der Waals surface area (Å²) >= 11 is 0. The van der Waals surface area contributed by atoms with Crippen LogP contribution in [0.5, 0.6) is 5.75 Å². The molecule has 0 atom stereocenters. The summed E-state index contributed by atoms with van der Waals surface area (Å²) in [5.74, 6) is 0.873. The number of anilines is 1. The van der Waals surface area contributed by atoms with E-state index in [9.17, 15) is 9.59 Å². The number of nitrogens with one attached hydrogen (secondary N) is 2. The molecule has 0 saturated carbocycles. The number of aromatic amines is 1. The zero-order chi connectivity index (χ0) is 20.1. The van der Waals surface area contributed by atoms with E-state index in [0.29, 0.717) is 28.3 Å². The van der Waals surface area contributed by atoms with Crippen LogP contribution in [0.1, 0.15) is 25.1 Å². The quantitative estimate of drug-likeness (QED) is 0.687. The van der Waals surface area contributed by atoms with Crippen LogP contribution in [-0.4, -0.2) is 27.0 Å². The molecular formula is C21H22N4O3. The highest BCUT2D eigenvalue weighted by Crippen LogP contribution is 2.17. The first kappa shape index (κ1) is 19.3.